The van der Waals surface area contributed by atoms with Crippen LogP contribution in [0.15, 0.2) is 47.1 Å². The molecule has 0 radical (unpaired) electrons. The number of rotatable bonds is 9. The molecule has 3 rings (SSSR count). The van der Waals surface area contributed by atoms with Gasteiger partial charge < -0.3 is 9.74 Å². The fourth-order valence-corrected chi connectivity index (χ4v) is 4.04. The Hall–Kier alpha value is -1.65. The Bertz CT molecular complexity index is 618. The summed E-state index contributed by atoms with van der Waals surface area (Å²) in [6, 6.07) is 10.8. The zero-order chi connectivity index (χ0) is 19.4. The molecule has 0 bridgehead atoms. The van der Waals surface area contributed by atoms with Gasteiger partial charge in [0.2, 0.25) is 0 Å². The summed E-state index contributed by atoms with van der Waals surface area (Å²) in [4.78, 5) is 10.8. The Kier molecular flexibility index (Phi) is 9.05. The second-order valence-electron chi connectivity index (χ2n) is 8.05. The molecule has 1 aromatic rings. The molecule has 1 saturated heterocycles. The molecule has 4 nitrogen and oxygen atoms in total. The predicted octanol–water partition coefficient (Wildman–Crippen LogP) is 4.87. The predicted molar refractivity (Wildman–Crippen MR) is 118 cm³/mol. The van der Waals surface area contributed by atoms with Gasteiger partial charge in [0.05, 0.1) is 5.71 Å². The molecule has 0 spiro atoms. The molecule has 154 valence electrons. The molecule has 0 amide bonds. The Morgan fingerprint density at radius 2 is 1.75 bits per heavy atom. The van der Waals surface area contributed by atoms with E-state index in [1.165, 1.54) is 42.5 Å². The molecule has 1 heterocycles. The largest absolute Gasteiger partial charge is 0.396 e. The summed E-state index contributed by atoms with van der Waals surface area (Å²) in [5.41, 5.74) is 4.05. The first-order chi connectivity index (χ1) is 13.8. The lowest BCUT2D eigenvalue weighted by Gasteiger charge is -2.34. The molecular weight excluding hydrogens is 346 g/mol. The summed E-state index contributed by atoms with van der Waals surface area (Å²) in [7, 11) is 0. The molecule has 0 aromatic heterocycles. The summed E-state index contributed by atoms with van der Waals surface area (Å²) < 4.78 is 0. The van der Waals surface area contributed by atoms with E-state index in [2.05, 4.69) is 58.3 Å². The Balaban J connectivity index is 1.30. The monoisotopic (exact) mass is 383 g/mol. The van der Waals surface area contributed by atoms with Crippen LogP contribution in [0.3, 0.4) is 0 Å². The Morgan fingerprint density at radius 3 is 2.54 bits per heavy atom. The van der Waals surface area contributed by atoms with Gasteiger partial charge in [-0.25, -0.2) is 0 Å². The number of benzene rings is 1. The maximum absolute atomic E-state index is 5.68. The fourth-order valence-electron chi connectivity index (χ4n) is 4.04. The molecule has 1 aromatic carbocycles. The lowest BCUT2D eigenvalue weighted by molar-refractivity contribution is 0.0999. The van der Waals surface area contributed by atoms with Gasteiger partial charge >= 0.3 is 0 Å². The molecular formula is C24H37N3O. The number of oxime groups is 1. The van der Waals surface area contributed by atoms with Gasteiger partial charge in [-0.05, 0) is 49.7 Å². The summed E-state index contributed by atoms with van der Waals surface area (Å²) in [6.45, 7) is 9.78. The normalized spacial score (nSPS) is 22.0. The minimum absolute atomic E-state index is 0.731. The Labute approximate surface area is 171 Å². The molecule has 1 aliphatic heterocycles. The number of hydrogen-bond acceptors (Lipinski definition) is 4. The van der Waals surface area contributed by atoms with Crippen LogP contribution in [0.4, 0.5) is 0 Å². The summed E-state index contributed by atoms with van der Waals surface area (Å²) >= 11 is 0. The highest BCUT2D eigenvalue weighted by Gasteiger charge is 2.17. The van der Waals surface area contributed by atoms with E-state index in [4.69, 9.17) is 4.84 Å². The minimum atomic E-state index is 0.731. The molecule has 2 aliphatic rings. The molecule has 0 atom stereocenters. The smallest absolute Gasteiger partial charge is 0.118 e. The van der Waals surface area contributed by atoms with Crippen LogP contribution in [0.5, 0.6) is 0 Å². The van der Waals surface area contributed by atoms with E-state index in [-0.39, 0.29) is 0 Å². The van der Waals surface area contributed by atoms with Crippen molar-refractivity contribution in [1.29, 1.82) is 0 Å². The third-order valence-corrected chi connectivity index (χ3v) is 5.76. The zero-order valence-corrected chi connectivity index (χ0v) is 17.6. The SMILES string of the molecule is CCC/C=C1\CCCC\C1=N/OCCCN1CCN(Cc2ccccc2)CC1. The van der Waals surface area contributed by atoms with E-state index >= 15 is 0 Å². The molecule has 2 fully saturated rings. The summed E-state index contributed by atoms with van der Waals surface area (Å²) in [6.07, 6.45) is 10.6. The minimum Gasteiger partial charge on any atom is -0.396 e. The van der Waals surface area contributed by atoms with Crippen molar-refractivity contribution in [2.24, 2.45) is 5.16 Å². The maximum atomic E-state index is 5.68. The van der Waals surface area contributed by atoms with Crippen LogP contribution in [0.1, 0.15) is 57.4 Å². The first-order valence-corrected chi connectivity index (χ1v) is 11.2. The van der Waals surface area contributed by atoms with Crippen LogP contribution >= 0.6 is 0 Å². The quantitative estimate of drug-likeness (QED) is 0.450. The number of allylic oxidation sites excluding steroid dienone is 2. The van der Waals surface area contributed by atoms with Crippen molar-refractivity contribution in [2.45, 2.75) is 58.4 Å². The van der Waals surface area contributed by atoms with Crippen LogP contribution in [-0.2, 0) is 11.4 Å². The van der Waals surface area contributed by atoms with Gasteiger partial charge in [0, 0.05) is 39.3 Å². The van der Waals surface area contributed by atoms with Gasteiger partial charge in [-0.3, -0.25) is 4.90 Å². The third kappa shape index (κ3) is 7.06. The highest BCUT2D eigenvalue weighted by Crippen LogP contribution is 2.22. The van der Waals surface area contributed by atoms with E-state index in [1.54, 1.807) is 0 Å². The maximum Gasteiger partial charge on any atom is 0.118 e. The molecule has 0 N–H and O–H groups in total. The van der Waals surface area contributed by atoms with Gasteiger partial charge in [0.1, 0.15) is 6.61 Å². The van der Waals surface area contributed by atoms with Gasteiger partial charge in [0.15, 0.2) is 0 Å². The summed E-state index contributed by atoms with van der Waals surface area (Å²) in [5, 5.41) is 4.48. The van der Waals surface area contributed by atoms with Crippen molar-refractivity contribution < 1.29 is 4.84 Å². The zero-order valence-electron chi connectivity index (χ0n) is 17.6. The second kappa shape index (κ2) is 12.0. The highest BCUT2D eigenvalue weighted by atomic mass is 16.6. The second-order valence-corrected chi connectivity index (χ2v) is 8.05. The Morgan fingerprint density at radius 1 is 1.00 bits per heavy atom. The van der Waals surface area contributed by atoms with E-state index < -0.39 is 0 Å². The lowest BCUT2D eigenvalue weighted by Crippen LogP contribution is -2.46. The number of hydrogen-bond donors (Lipinski definition) is 0. The molecule has 4 heteroatoms. The topological polar surface area (TPSA) is 28.1 Å². The van der Waals surface area contributed by atoms with E-state index in [0.29, 0.717) is 0 Å². The van der Waals surface area contributed by atoms with E-state index in [9.17, 15) is 0 Å². The van der Waals surface area contributed by atoms with Gasteiger partial charge in [-0.2, -0.15) is 0 Å². The van der Waals surface area contributed by atoms with E-state index in [1.807, 2.05) is 0 Å². The van der Waals surface area contributed by atoms with E-state index in [0.717, 1.165) is 65.1 Å². The number of piperazine rings is 1. The lowest BCUT2D eigenvalue weighted by atomic mass is 9.92. The van der Waals surface area contributed by atoms with Crippen LogP contribution in [0.25, 0.3) is 0 Å². The fraction of sp³-hybridized carbons (Fsp3) is 0.625. The van der Waals surface area contributed by atoms with Crippen molar-refractivity contribution in [3.63, 3.8) is 0 Å². The van der Waals surface area contributed by atoms with Crippen LogP contribution < -0.4 is 0 Å². The van der Waals surface area contributed by atoms with Crippen molar-refractivity contribution >= 4 is 5.71 Å². The average Bonchev–Trinajstić information content (AvgIpc) is 2.74. The van der Waals surface area contributed by atoms with Crippen molar-refractivity contribution in [3.05, 3.63) is 47.5 Å². The van der Waals surface area contributed by atoms with Crippen LogP contribution in [-0.4, -0.2) is 54.8 Å². The van der Waals surface area contributed by atoms with Crippen molar-refractivity contribution in [3.8, 4) is 0 Å². The van der Waals surface area contributed by atoms with Gasteiger partial charge in [-0.1, -0.05) is 54.9 Å². The van der Waals surface area contributed by atoms with Crippen LogP contribution in [0, 0.1) is 0 Å². The molecule has 1 saturated carbocycles. The molecule has 28 heavy (non-hydrogen) atoms. The highest BCUT2D eigenvalue weighted by molar-refractivity contribution is 6.00. The van der Waals surface area contributed by atoms with Crippen molar-refractivity contribution in [1.82, 2.24) is 9.80 Å². The van der Waals surface area contributed by atoms with Gasteiger partial charge in [0.25, 0.3) is 0 Å². The van der Waals surface area contributed by atoms with Crippen molar-refractivity contribution in [2.75, 3.05) is 39.3 Å². The molecule has 1 aliphatic carbocycles. The average molecular weight is 384 g/mol. The van der Waals surface area contributed by atoms with Gasteiger partial charge in [-0.15, -0.1) is 0 Å². The standard InChI is InChI=1S/C24H37N3O/c1-2-3-12-23-13-7-8-14-24(23)25-28-20-9-15-26-16-18-27(19-17-26)21-22-10-5-4-6-11-22/h4-6,10-12H,2-3,7-9,13-21H2,1H3/b23-12+,25-24+. The van der Waals surface area contributed by atoms with Crippen LogP contribution in [0.2, 0.25) is 0 Å². The summed E-state index contributed by atoms with van der Waals surface area (Å²) in [5.74, 6) is 0. The molecule has 0 unspecified atom stereocenters. The third-order valence-electron chi connectivity index (χ3n) is 5.76. The number of unbranched alkanes of at least 4 members (excludes halogenated alkanes) is 1. The number of nitrogens with zero attached hydrogens (tertiary/aromatic N) is 3. The first kappa shape index (κ1) is 21.1. The first-order valence-electron chi connectivity index (χ1n) is 11.2.